The molecule has 0 fully saturated rings. The van der Waals surface area contributed by atoms with E-state index in [1.165, 1.54) is 109 Å². The molecule has 0 aliphatic heterocycles. The van der Waals surface area contributed by atoms with Gasteiger partial charge in [0, 0.05) is 19.4 Å². The number of hydrogen-bond donors (Lipinski definition) is 0. The molecule has 0 spiro atoms. The van der Waals surface area contributed by atoms with Crippen LogP contribution in [0.2, 0.25) is 0 Å². The van der Waals surface area contributed by atoms with Crippen molar-refractivity contribution < 1.29 is 23.8 Å². The minimum Gasteiger partial charge on any atom is -0.462 e. The maximum atomic E-state index is 12.8. The van der Waals surface area contributed by atoms with Gasteiger partial charge in [-0.15, -0.1) is 0 Å². The Morgan fingerprint density at radius 3 is 1.09 bits per heavy atom. The molecular weight excluding hydrogens is 837 g/mol. The maximum Gasteiger partial charge on any atom is 0.306 e. The third-order valence-corrected chi connectivity index (χ3v) is 11.8. The molecule has 1 unspecified atom stereocenters. The zero-order chi connectivity index (χ0) is 49.2. The van der Waals surface area contributed by atoms with Crippen LogP contribution in [0.5, 0.6) is 0 Å². The number of hydrogen-bond acceptors (Lipinski definition) is 5. The molecule has 0 saturated carbocycles. The quantitative estimate of drug-likeness (QED) is 0.0345. The normalized spacial score (nSPS) is 13.0. The number of allylic oxidation sites excluding steroid dienone is 18. The molecule has 68 heavy (non-hydrogen) atoms. The molecule has 0 amide bonds. The predicted molar refractivity (Wildman–Crippen MR) is 297 cm³/mol. The summed E-state index contributed by atoms with van der Waals surface area (Å²) in [6, 6.07) is 0. The van der Waals surface area contributed by atoms with Crippen LogP contribution in [0.1, 0.15) is 252 Å². The van der Waals surface area contributed by atoms with Gasteiger partial charge in [-0.2, -0.15) is 0 Å². The SMILES string of the molecule is CC/C=C\C/C=C\C/C=C\C/C=C\C/C=C\C/C=C\CCCOCC(COC(=O)CCCCCCCC/C=C\C/C=C\C/C=C\CCCCC)OC(=O)CCCCCCCCCCCCCCC. The third-order valence-electron chi connectivity index (χ3n) is 11.8. The monoisotopic (exact) mass is 943 g/mol. The first-order valence-corrected chi connectivity index (χ1v) is 28.4. The van der Waals surface area contributed by atoms with Crippen LogP contribution in [0.4, 0.5) is 0 Å². The van der Waals surface area contributed by atoms with E-state index in [0.717, 1.165) is 109 Å². The van der Waals surface area contributed by atoms with Gasteiger partial charge in [-0.05, 0) is 103 Å². The molecule has 0 bridgehead atoms. The molecule has 0 aromatic carbocycles. The Bertz CT molecular complexity index is 1340. The van der Waals surface area contributed by atoms with E-state index >= 15 is 0 Å². The van der Waals surface area contributed by atoms with Crippen molar-refractivity contribution in [2.75, 3.05) is 19.8 Å². The Morgan fingerprint density at radius 2 is 0.662 bits per heavy atom. The van der Waals surface area contributed by atoms with Gasteiger partial charge in [-0.1, -0.05) is 246 Å². The van der Waals surface area contributed by atoms with Crippen molar-refractivity contribution >= 4 is 11.9 Å². The Morgan fingerprint density at radius 1 is 0.338 bits per heavy atom. The Hall–Kier alpha value is -3.44. The summed E-state index contributed by atoms with van der Waals surface area (Å²) in [6.07, 6.45) is 79.7. The predicted octanol–water partition coefficient (Wildman–Crippen LogP) is 19.6. The van der Waals surface area contributed by atoms with Crippen molar-refractivity contribution in [1.82, 2.24) is 0 Å². The Labute approximate surface area is 421 Å². The Kier molecular flexibility index (Phi) is 54.9. The average molecular weight is 944 g/mol. The van der Waals surface area contributed by atoms with E-state index in [1.807, 2.05) is 0 Å². The largest absolute Gasteiger partial charge is 0.462 e. The number of carbonyl (C=O) groups excluding carboxylic acids is 2. The lowest BCUT2D eigenvalue weighted by atomic mass is 10.0. The highest BCUT2D eigenvalue weighted by Gasteiger charge is 2.17. The molecule has 0 heterocycles. The topological polar surface area (TPSA) is 61.8 Å². The fraction of sp³-hybridized carbons (Fsp3) is 0.683. The molecule has 1 atom stereocenters. The lowest BCUT2D eigenvalue weighted by molar-refractivity contribution is -0.163. The van der Waals surface area contributed by atoms with E-state index < -0.39 is 6.10 Å². The van der Waals surface area contributed by atoms with Gasteiger partial charge in [0.1, 0.15) is 6.61 Å². The molecule has 388 valence electrons. The third kappa shape index (κ3) is 55.2. The van der Waals surface area contributed by atoms with Gasteiger partial charge in [-0.3, -0.25) is 9.59 Å². The maximum absolute atomic E-state index is 12.8. The van der Waals surface area contributed by atoms with Crippen LogP contribution in [0.25, 0.3) is 0 Å². The number of unbranched alkanes of at least 4 members (excludes halogenated alkanes) is 22. The van der Waals surface area contributed by atoms with Gasteiger partial charge in [0.2, 0.25) is 0 Å². The molecule has 0 radical (unpaired) electrons. The van der Waals surface area contributed by atoms with Crippen molar-refractivity contribution in [3.8, 4) is 0 Å². The highest BCUT2D eigenvalue weighted by Crippen LogP contribution is 2.15. The fourth-order valence-electron chi connectivity index (χ4n) is 7.59. The first-order chi connectivity index (χ1) is 33.6. The van der Waals surface area contributed by atoms with Crippen molar-refractivity contribution in [3.63, 3.8) is 0 Å². The van der Waals surface area contributed by atoms with Crippen LogP contribution in [-0.4, -0.2) is 37.9 Å². The summed E-state index contributed by atoms with van der Waals surface area (Å²) in [5, 5.41) is 0. The number of ether oxygens (including phenoxy) is 3. The smallest absolute Gasteiger partial charge is 0.306 e. The van der Waals surface area contributed by atoms with E-state index in [2.05, 4.69) is 130 Å². The summed E-state index contributed by atoms with van der Waals surface area (Å²) in [5.41, 5.74) is 0. The van der Waals surface area contributed by atoms with Crippen molar-refractivity contribution in [2.24, 2.45) is 0 Å². The van der Waals surface area contributed by atoms with Crippen molar-refractivity contribution in [2.45, 2.75) is 258 Å². The first kappa shape index (κ1) is 64.6. The Balaban J connectivity index is 4.39. The van der Waals surface area contributed by atoms with Crippen LogP contribution in [0.3, 0.4) is 0 Å². The van der Waals surface area contributed by atoms with Gasteiger partial charge >= 0.3 is 11.9 Å². The molecular formula is C63H106O5. The zero-order valence-electron chi connectivity index (χ0n) is 44.6. The lowest BCUT2D eigenvalue weighted by Crippen LogP contribution is -2.30. The van der Waals surface area contributed by atoms with Gasteiger partial charge in [0.25, 0.3) is 0 Å². The van der Waals surface area contributed by atoms with Crippen LogP contribution >= 0.6 is 0 Å². The molecule has 0 saturated heterocycles. The summed E-state index contributed by atoms with van der Waals surface area (Å²) in [6.45, 7) is 7.54. The van der Waals surface area contributed by atoms with Gasteiger partial charge in [-0.25, -0.2) is 0 Å². The molecule has 0 aromatic rings. The minimum atomic E-state index is -0.577. The van der Waals surface area contributed by atoms with E-state index in [4.69, 9.17) is 14.2 Å². The molecule has 0 aliphatic carbocycles. The summed E-state index contributed by atoms with van der Waals surface area (Å²) in [4.78, 5) is 25.5. The van der Waals surface area contributed by atoms with Crippen molar-refractivity contribution in [1.29, 1.82) is 0 Å². The fourth-order valence-corrected chi connectivity index (χ4v) is 7.59. The molecule has 5 heteroatoms. The van der Waals surface area contributed by atoms with Crippen LogP contribution in [0, 0.1) is 0 Å². The molecule has 0 N–H and O–H groups in total. The number of esters is 2. The van der Waals surface area contributed by atoms with Crippen LogP contribution in [-0.2, 0) is 23.8 Å². The highest BCUT2D eigenvalue weighted by molar-refractivity contribution is 5.70. The second kappa shape index (κ2) is 57.9. The van der Waals surface area contributed by atoms with Crippen LogP contribution < -0.4 is 0 Å². The zero-order valence-corrected chi connectivity index (χ0v) is 44.6. The van der Waals surface area contributed by atoms with Crippen molar-refractivity contribution in [3.05, 3.63) is 109 Å². The molecule has 5 nitrogen and oxygen atoms in total. The highest BCUT2D eigenvalue weighted by atomic mass is 16.6. The molecule has 0 aliphatic rings. The number of rotatable bonds is 51. The van der Waals surface area contributed by atoms with Crippen LogP contribution in [0.15, 0.2) is 109 Å². The summed E-state index contributed by atoms with van der Waals surface area (Å²) >= 11 is 0. The lowest BCUT2D eigenvalue weighted by Gasteiger charge is -2.18. The molecule has 0 rings (SSSR count). The van der Waals surface area contributed by atoms with E-state index in [-0.39, 0.29) is 25.2 Å². The molecule has 0 aromatic heterocycles. The summed E-state index contributed by atoms with van der Waals surface area (Å²) in [5.74, 6) is -0.443. The van der Waals surface area contributed by atoms with E-state index in [1.54, 1.807) is 0 Å². The van der Waals surface area contributed by atoms with E-state index in [9.17, 15) is 9.59 Å². The second-order valence-electron chi connectivity index (χ2n) is 18.5. The first-order valence-electron chi connectivity index (χ1n) is 28.4. The summed E-state index contributed by atoms with van der Waals surface area (Å²) < 4.78 is 17.4. The standard InChI is InChI=1S/C63H106O5/c1-4-7-10-13-16-19-22-25-27-29-31-33-35-37-40-43-46-49-52-55-58-66-59-61(68-63(65)57-54-51-48-45-42-38-24-21-18-15-12-9-6-3)60-67-62(64)56-53-50-47-44-41-39-36-34-32-30-28-26-23-20-17-14-11-8-5-2/h7,10,16-17,19-20,25-28,31-34,37,40,46,49,61H,4-6,8-9,11-15,18,21-24,29-30,35-36,38-39,41-45,47-48,50-60H2,1-3H3/b10-7-,19-16-,20-17-,27-25-,28-26-,33-31-,34-32-,40-37-,49-46-. The van der Waals surface area contributed by atoms with Gasteiger partial charge < -0.3 is 14.2 Å². The minimum absolute atomic E-state index is 0.0514. The van der Waals surface area contributed by atoms with Gasteiger partial charge in [0.05, 0.1) is 6.61 Å². The number of carbonyl (C=O) groups is 2. The van der Waals surface area contributed by atoms with Gasteiger partial charge in [0.15, 0.2) is 6.10 Å². The summed E-state index contributed by atoms with van der Waals surface area (Å²) in [7, 11) is 0. The van der Waals surface area contributed by atoms with E-state index in [0.29, 0.717) is 19.4 Å². The second-order valence-corrected chi connectivity index (χ2v) is 18.5. The average Bonchev–Trinajstić information content (AvgIpc) is 3.34.